The summed E-state index contributed by atoms with van der Waals surface area (Å²) in [5, 5.41) is 0. The van der Waals surface area contributed by atoms with Crippen LogP contribution in [0.1, 0.15) is 12.8 Å². The molecule has 2 rings (SSSR count). The zero-order chi connectivity index (χ0) is 17.4. The second-order valence-electron chi connectivity index (χ2n) is 5.49. The van der Waals surface area contributed by atoms with E-state index in [1.807, 2.05) is 0 Å². The van der Waals surface area contributed by atoms with Crippen LogP contribution in [0.5, 0.6) is 0 Å². The standard InChI is InChI=1S/C13H18F2N2O4S2/c1-16(22(2,18)19)11-5-7-17(8-6-11)23(20,21)13-4-3-10(14)9-12(13)15/h3-4,9,11H,5-8H2,1-2H3. The monoisotopic (exact) mass is 368 g/mol. The van der Waals surface area contributed by atoms with Crippen molar-refractivity contribution in [3.05, 3.63) is 29.8 Å². The molecule has 0 bridgehead atoms. The van der Waals surface area contributed by atoms with Crippen molar-refractivity contribution in [2.45, 2.75) is 23.8 Å². The Morgan fingerprint density at radius 1 is 1.13 bits per heavy atom. The first-order valence-electron chi connectivity index (χ1n) is 6.91. The van der Waals surface area contributed by atoms with Gasteiger partial charge in [-0.3, -0.25) is 0 Å². The molecule has 0 unspecified atom stereocenters. The summed E-state index contributed by atoms with van der Waals surface area (Å²) in [7, 11) is -5.98. The summed E-state index contributed by atoms with van der Waals surface area (Å²) in [5.41, 5.74) is 0. The lowest BCUT2D eigenvalue weighted by atomic mass is 10.1. The number of piperidine rings is 1. The third kappa shape index (κ3) is 3.87. The number of hydrogen-bond donors (Lipinski definition) is 0. The first kappa shape index (κ1) is 18.2. The molecule has 1 aliphatic heterocycles. The molecule has 0 radical (unpaired) electrons. The van der Waals surface area contributed by atoms with Gasteiger partial charge in [-0.15, -0.1) is 0 Å². The minimum absolute atomic E-state index is 0.0731. The molecule has 0 saturated carbocycles. The molecule has 1 aliphatic rings. The van der Waals surface area contributed by atoms with E-state index in [2.05, 4.69) is 0 Å². The molecule has 0 amide bonds. The minimum Gasteiger partial charge on any atom is -0.213 e. The molecule has 0 atom stereocenters. The lowest BCUT2D eigenvalue weighted by Gasteiger charge is -2.34. The van der Waals surface area contributed by atoms with Gasteiger partial charge in [-0.05, 0) is 25.0 Å². The lowest BCUT2D eigenvalue weighted by Crippen LogP contribution is -2.47. The van der Waals surface area contributed by atoms with Crippen LogP contribution >= 0.6 is 0 Å². The van der Waals surface area contributed by atoms with E-state index < -0.39 is 36.6 Å². The first-order valence-corrected chi connectivity index (χ1v) is 10.2. The molecule has 1 aromatic carbocycles. The highest BCUT2D eigenvalue weighted by Gasteiger charge is 2.34. The van der Waals surface area contributed by atoms with E-state index in [1.165, 1.54) is 11.4 Å². The predicted octanol–water partition coefficient (Wildman–Crippen LogP) is 1.01. The van der Waals surface area contributed by atoms with Crippen LogP contribution in [0.3, 0.4) is 0 Å². The summed E-state index contributed by atoms with van der Waals surface area (Å²) < 4.78 is 76.8. The average molecular weight is 368 g/mol. The molecule has 0 aliphatic carbocycles. The minimum atomic E-state index is -4.07. The van der Waals surface area contributed by atoms with Crippen LogP contribution in [-0.4, -0.2) is 57.9 Å². The molecule has 1 aromatic rings. The van der Waals surface area contributed by atoms with Crippen molar-refractivity contribution < 1.29 is 25.6 Å². The molecule has 1 fully saturated rings. The van der Waals surface area contributed by atoms with Crippen LogP contribution < -0.4 is 0 Å². The highest BCUT2D eigenvalue weighted by molar-refractivity contribution is 7.89. The van der Waals surface area contributed by atoms with Crippen LogP contribution in [0.25, 0.3) is 0 Å². The fourth-order valence-electron chi connectivity index (χ4n) is 2.54. The van der Waals surface area contributed by atoms with E-state index >= 15 is 0 Å². The zero-order valence-electron chi connectivity index (χ0n) is 12.7. The fourth-order valence-corrected chi connectivity index (χ4v) is 4.81. The smallest absolute Gasteiger partial charge is 0.213 e. The molecule has 0 aromatic heterocycles. The van der Waals surface area contributed by atoms with Crippen molar-refractivity contribution in [2.24, 2.45) is 0 Å². The molecule has 23 heavy (non-hydrogen) atoms. The summed E-state index contributed by atoms with van der Waals surface area (Å²) in [4.78, 5) is -0.575. The van der Waals surface area contributed by atoms with Crippen molar-refractivity contribution in [2.75, 3.05) is 26.4 Å². The molecule has 0 N–H and O–H groups in total. The maximum Gasteiger partial charge on any atom is 0.245 e. The highest BCUT2D eigenvalue weighted by atomic mass is 32.2. The number of benzene rings is 1. The Morgan fingerprint density at radius 2 is 1.70 bits per heavy atom. The Balaban J connectivity index is 2.16. The van der Waals surface area contributed by atoms with E-state index in [-0.39, 0.29) is 19.1 Å². The lowest BCUT2D eigenvalue weighted by molar-refractivity contribution is 0.238. The largest absolute Gasteiger partial charge is 0.245 e. The van der Waals surface area contributed by atoms with E-state index in [0.29, 0.717) is 18.9 Å². The van der Waals surface area contributed by atoms with Crippen LogP contribution in [-0.2, 0) is 20.0 Å². The molecular formula is C13H18F2N2O4S2. The van der Waals surface area contributed by atoms with E-state index in [9.17, 15) is 25.6 Å². The zero-order valence-corrected chi connectivity index (χ0v) is 14.4. The van der Waals surface area contributed by atoms with Gasteiger partial charge in [-0.2, -0.15) is 4.31 Å². The fraction of sp³-hybridized carbons (Fsp3) is 0.538. The Kier molecular flexibility index (Phi) is 5.09. The Bertz CT molecular complexity index is 788. The van der Waals surface area contributed by atoms with Crippen molar-refractivity contribution in [1.82, 2.24) is 8.61 Å². The van der Waals surface area contributed by atoms with Crippen molar-refractivity contribution in [3.8, 4) is 0 Å². The van der Waals surface area contributed by atoms with Crippen LogP contribution in [0, 0.1) is 11.6 Å². The van der Waals surface area contributed by atoms with Gasteiger partial charge in [0.2, 0.25) is 20.0 Å². The normalized spacial score (nSPS) is 18.5. The summed E-state index contributed by atoms with van der Waals surface area (Å²) in [5.74, 6) is -1.99. The number of sulfonamides is 2. The number of hydrogen-bond acceptors (Lipinski definition) is 4. The van der Waals surface area contributed by atoms with E-state index in [0.717, 1.165) is 22.7 Å². The van der Waals surface area contributed by atoms with Gasteiger partial charge in [0.15, 0.2) is 0 Å². The molecule has 10 heteroatoms. The quantitative estimate of drug-likeness (QED) is 0.795. The average Bonchev–Trinajstić information content (AvgIpc) is 2.45. The maximum absolute atomic E-state index is 13.7. The summed E-state index contributed by atoms with van der Waals surface area (Å²) in [6.07, 6.45) is 1.71. The van der Waals surface area contributed by atoms with Crippen LogP contribution in [0.4, 0.5) is 8.78 Å². The van der Waals surface area contributed by atoms with E-state index in [1.54, 1.807) is 0 Å². The summed E-state index contributed by atoms with van der Waals surface area (Å²) >= 11 is 0. The van der Waals surface area contributed by atoms with Crippen molar-refractivity contribution in [1.29, 1.82) is 0 Å². The van der Waals surface area contributed by atoms with Gasteiger partial charge in [0.05, 0.1) is 6.26 Å². The van der Waals surface area contributed by atoms with Gasteiger partial charge >= 0.3 is 0 Å². The van der Waals surface area contributed by atoms with Crippen LogP contribution in [0.2, 0.25) is 0 Å². The molecule has 0 spiro atoms. The Hall–Kier alpha value is -1.10. The third-order valence-electron chi connectivity index (χ3n) is 3.97. The summed E-state index contributed by atoms with van der Waals surface area (Å²) in [6.45, 7) is 0.146. The van der Waals surface area contributed by atoms with Gasteiger partial charge in [0.25, 0.3) is 0 Å². The van der Waals surface area contributed by atoms with Crippen molar-refractivity contribution >= 4 is 20.0 Å². The Labute approximate surface area is 134 Å². The van der Waals surface area contributed by atoms with Gasteiger partial charge in [-0.25, -0.2) is 29.9 Å². The van der Waals surface area contributed by atoms with Crippen molar-refractivity contribution in [3.63, 3.8) is 0 Å². The third-order valence-corrected chi connectivity index (χ3v) is 7.25. The molecule has 130 valence electrons. The van der Waals surface area contributed by atoms with E-state index in [4.69, 9.17) is 0 Å². The number of rotatable bonds is 4. The molecular weight excluding hydrogens is 350 g/mol. The SMILES string of the molecule is CN(C1CCN(S(=O)(=O)c2ccc(F)cc2F)CC1)S(C)(=O)=O. The maximum atomic E-state index is 13.7. The second-order valence-corrected chi connectivity index (χ2v) is 9.44. The van der Waals surface area contributed by atoms with Gasteiger partial charge in [0, 0.05) is 32.2 Å². The van der Waals surface area contributed by atoms with Gasteiger partial charge < -0.3 is 0 Å². The van der Waals surface area contributed by atoms with Gasteiger partial charge in [-0.1, -0.05) is 0 Å². The number of halogens is 2. The van der Waals surface area contributed by atoms with Crippen LogP contribution in [0.15, 0.2) is 23.1 Å². The predicted molar refractivity (Wildman–Crippen MR) is 80.7 cm³/mol. The summed E-state index contributed by atoms with van der Waals surface area (Å²) in [6, 6.07) is 2.01. The molecule has 6 nitrogen and oxygen atoms in total. The molecule has 1 heterocycles. The Morgan fingerprint density at radius 3 is 2.17 bits per heavy atom. The first-order chi connectivity index (χ1) is 10.5. The molecule has 1 saturated heterocycles. The second kappa shape index (κ2) is 6.42. The topological polar surface area (TPSA) is 74.8 Å². The van der Waals surface area contributed by atoms with Gasteiger partial charge in [0.1, 0.15) is 16.5 Å². The highest BCUT2D eigenvalue weighted by Crippen LogP contribution is 2.25. The number of nitrogens with zero attached hydrogens (tertiary/aromatic N) is 2.